The summed E-state index contributed by atoms with van der Waals surface area (Å²) in [7, 11) is 0. The Morgan fingerprint density at radius 2 is 1.43 bits per heavy atom. The quantitative estimate of drug-likeness (QED) is 0.176. The van der Waals surface area contributed by atoms with Crippen LogP contribution in [-0.4, -0.2) is 24.2 Å². The number of hydrogen-bond donors (Lipinski definition) is 0. The molecule has 0 aromatic heterocycles. The predicted molar refractivity (Wildman–Crippen MR) is 130 cm³/mol. The van der Waals surface area contributed by atoms with E-state index in [-0.39, 0.29) is 5.75 Å². The summed E-state index contributed by atoms with van der Waals surface area (Å²) < 4.78 is 21.3. The van der Waals surface area contributed by atoms with Crippen molar-refractivity contribution in [2.75, 3.05) is 0 Å². The van der Waals surface area contributed by atoms with E-state index in [1.54, 1.807) is 25.1 Å². The van der Waals surface area contributed by atoms with Crippen LogP contribution < -0.4 is 14.2 Å². The number of hydrogen-bond acceptors (Lipinski definition) is 7. The number of ether oxygens (including phenoxy) is 4. The Kier molecular flexibility index (Phi) is 8.40. The molecule has 0 aliphatic carbocycles. The van der Waals surface area contributed by atoms with Gasteiger partial charge in [0.1, 0.15) is 17.2 Å². The summed E-state index contributed by atoms with van der Waals surface area (Å²) in [6.07, 6.45) is 1.13. The van der Waals surface area contributed by atoms with Gasteiger partial charge in [-0.3, -0.25) is 0 Å². The van der Waals surface area contributed by atoms with E-state index < -0.39 is 24.2 Å². The third kappa shape index (κ3) is 7.04. The maximum Gasteiger partial charge on any atom is 0.343 e. The van der Waals surface area contributed by atoms with Crippen LogP contribution in [0.5, 0.6) is 17.2 Å². The lowest BCUT2D eigenvalue weighted by molar-refractivity contribution is -0.154. The lowest BCUT2D eigenvalue weighted by Gasteiger charge is -2.14. The zero-order chi connectivity index (χ0) is 25.4. The first kappa shape index (κ1) is 25.2. The van der Waals surface area contributed by atoms with Gasteiger partial charge in [0.05, 0.1) is 11.1 Å². The zero-order valence-corrected chi connectivity index (χ0v) is 19.8. The van der Waals surface area contributed by atoms with Crippen molar-refractivity contribution < 1.29 is 33.3 Å². The van der Waals surface area contributed by atoms with Crippen LogP contribution in [0.25, 0.3) is 0 Å². The van der Waals surface area contributed by atoms with Crippen LogP contribution in [0.1, 0.15) is 45.7 Å². The smallest absolute Gasteiger partial charge is 0.343 e. The van der Waals surface area contributed by atoms with Gasteiger partial charge in [0.15, 0.2) is 0 Å². The second kappa shape index (κ2) is 11.7. The Hall–Kier alpha value is -4.39. The summed E-state index contributed by atoms with van der Waals surface area (Å²) in [6, 6.07) is 18.0. The van der Waals surface area contributed by atoms with Crippen molar-refractivity contribution >= 4 is 17.9 Å². The second-order valence-corrected chi connectivity index (χ2v) is 7.61. The third-order valence-corrected chi connectivity index (χ3v) is 4.99. The molecular weight excluding hydrogens is 448 g/mol. The van der Waals surface area contributed by atoms with Crippen molar-refractivity contribution in [3.8, 4) is 17.2 Å². The summed E-state index contributed by atoms with van der Waals surface area (Å²) >= 11 is 0. The second-order valence-electron chi connectivity index (χ2n) is 7.61. The fourth-order valence-electron chi connectivity index (χ4n) is 3.13. The Bertz CT molecular complexity index is 1210. The first-order valence-corrected chi connectivity index (χ1v) is 11.0. The van der Waals surface area contributed by atoms with E-state index in [1.165, 1.54) is 42.0 Å². The molecule has 0 aliphatic rings. The van der Waals surface area contributed by atoms with Crippen molar-refractivity contribution in [2.45, 2.75) is 33.5 Å². The third-order valence-electron chi connectivity index (χ3n) is 4.99. The van der Waals surface area contributed by atoms with E-state index in [2.05, 4.69) is 13.5 Å². The van der Waals surface area contributed by atoms with E-state index in [1.807, 2.05) is 19.1 Å². The Morgan fingerprint density at radius 1 is 0.857 bits per heavy atom. The average molecular weight is 475 g/mol. The van der Waals surface area contributed by atoms with Crippen molar-refractivity contribution in [1.29, 1.82) is 0 Å². The van der Waals surface area contributed by atoms with Crippen LogP contribution in [0.2, 0.25) is 0 Å². The van der Waals surface area contributed by atoms with Gasteiger partial charge >= 0.3 is 17.9 Å². The number of aryl methyl sites for hydroxylation is 2. The highest BCUT2D eigenvalue weighted by molar-refractivity contribution is 5.92. The standard InChI is InChI=1S/C28H26O7/c1-5-20-7-16-25(18(3)17-20)35-28(31)22-10-14-24(15-11-22)34-27(30)21-8-12-23(13-9-21)32-19(4)33-26(29)6-2/h6-17,19H,2,5H2,1,3-4H3. The zero-order valence-electron chi connectivity index (χ0n) is 19.8. The normalized spacial score (nSPS) is 11.2. The summed E-state index contributed by atoms with van der Waals surface area (Å²) in [5.41, 5.74) is 2.67. The van der Waals surface area contributed by atoms with Gasteiger partial charge < -0.3 is 18.9 Å². The molecule has 0 saturated heterocycles. The maximum absolute atomic E-state index is 12.5. The number of benzene rings is 3. The number of rotatable bonds is 9. The average Bonchev–Trinajstić information content (AvgIpc) is 2.85. The first-order valence-electron chi connectivity index (χ1n) is 11.0. The van der Waals surface area contributed by atoms with Gasteiger partial charge in [-0.05, 0) is 79.1 Å². The van der Waals surface area contributed by atoms with Crippen molar-refractivity contribution in [1.82, 2.24) is 0 Å². The summed E-state index contributed by atoms with van der Waals surface area (Å²) in [5, 5.41) is 0. The van der Waals surface area contributed by atoms with Gasteiger partial charge in [-0.25, -0.2) is 14.4 Å². The van der Waals surface area contributed by atoms with Crippen molar-refractivity contribution in [3.05, 3.63) is 102 Å². The summed E-state index contributed by atoms with van der Waals surface area (Å²) in [4.78, 5) is 36.1. The van der Waals surface area contributed by atoms with Crippen LogP contribution >= 0.6 is 0 Å². The molecule has 3 rings (SSSR count). The largest absolute Gasteiger partial charge is 0.455 e. The van der Waals surface area contributed by atoms with E-state index >= 15 is 0 Å². The molecule has 0 radical (unpaired) electrons. The molecular formula is C28H26O7. The highest BCUT2D eigenvalue weighted by atomic mass is 16.7. The Labute approximate surface area is 203 Å². The molecule has 7 heteroatoms. The lowest BCUT2D eigenvalue weighted by atomic mass is 10.1. The molecule has 3 aromatic rings. The van der Waals surface area contributed by atoms with Gasteiger partial charge in [-0.2, -0.15) is 0 Å². The van der Waals surface area contributed by atoms with Gasteiger partial charge in [-0.1, -0.05) is 25.6 Å². The number of carbonyl (C=O) groups excluding carboxylic acids is 3. The summed E-state index contributed by atoms with van der Waals surface area (Å²) in [5.74, 6) is -0.488. The molecule has 180 valence electrons. The fraction of sp³-hybridized carbons (Fsp3) is 0.179. The molecule has 1 unspecified atom stereocenters. The van der Waals surface area contributed by atoms with E-state index in [9.17, 15) is 14.4 Å². The van der Waals surface area contributed by atoms with E-state index in [0.29, 0.717) is 22.6 Å². The maximum atomic E-state index is 12.5. The van der Waals surface area contributed by atoms with E-state index in [0.717, 1.165) is 18.1 Å². The number of carbonyl (C=O) groups is 3. The molecule has 0 amide bonds. The fourth-order valence-corrected chi connectivity index (χ4v) is 3.13. The summed E-state index contributed by atoms with van der Waals surface area (Å²) in [6.45, 7) is 8.83. The molecule has 0 aliphatic heterocycles. The molecule has 0 N–H and O–H groups in total. The van der Waals surface area contributed by atoms with Gasteiger partial charge in [0.2, 0.25) is 6.29 Å². The minimum Gasteiger partial charge on any atom is -0.455 e. The van der Waals surface area contributed by atoms with Crippen LogP contribution in [0.4, 0.5) is 0 Å². The molecule has 0 heterocycles. The first-order chi connectivity index (χ1) is 16.8. The monoisotopic (exact) mass is 474 g/mol. The van der Waals surface area contributed by atoms with Crippen molar-refractivity contribution in [3.63, 3.8) is 0 Å². The van der Waals surface area contributed by atoms with Crippen LogP contribution in [0, 0.1) is 6.92 Å². The molecule has 0 spiro atoms. The Balaban J connectivity index is 1.57. The van der Waals surface area contributed by atoms with Gasteiger partial charge in [0.25, 0.3) is 0 Å². The molecule has 1 atom stereocenters. The van der Waals surface area contributed by atoms with Crippen LogP contribution in [0.15, 0.2) is 79.4 Å². The van der Waals surface area contributed by atoms with Crippen LogP contribution in [-0.2, 0) is 16.0 Å². The molecule has 3 aromatic carbocycles. The van der Waals surface area contributed by atoms with Gasteiger partial charge in [-0.15, -0.1) is 0 Å². The topological polar surface area (TPSA) is 88.1 Å². The predicted octanol–water partition coefficient (Wildman–Crippen LogP) is 5.45. The minimum absolute atomic E-state index is 0.278. The molecule has 0 saturated carbocycles. The van der Waals surface area contributed by atoms with E-state index in [4.69, 9.17) is 18.9 Å². The lowest BCUT2D eigenvalue weighted by Crippen LogP contribution is -2.19. The minimum atomic E-state index is -0.817. The van der Waals surface area contributed by atoms with Gasteiger partial charge in [0, 0.05) is 13.0 Å². The van der Waals surface area contributed by atoms with Crippen LogP contribution in [0.3, 0.4) is 0 Å². The molecule has 0 bridgehead atoms. The number of esters is 3. The molecule has 0 fully saturated rings. The highest BCUT2D eigenvalue weighted by Crippen LogP contribution is 2.22. The van der Waals surface area contributed by atoms with Crippen molar-refractivity contribution in [2.24, 2.45) is 0 Å². The molecule has 7 nitrogen and oxygen atoms in total. The molecule has 35 heavy (non-hydrogen) atoms. The SMILES string of the molecule is C=CC(=O)OC(C)Oc1ccc(C(=O)Oc2ccc(C(=O)Oc3ccc(CC)cc3C)cc2)cc1. The highest BCUT2D eigenvalue weighted by Gasteiger charge is 2.14. The Morgan fingerprint density at radius 3 is 1.97 bits per heavy atom.